The fourth-order valence-corrected chi connectivity index (χ4v) is 7.32. The summed E-state index contributed by atoms with van der Waals surface area (Å²) in [7, 11) is -5.97. The molecule has 1 fully saturated rings. The average Bonchev–Trinajstić information content (AvgIpc) is 2.85. The summed E-state index contributed by atoms with van der Waals surface area (Å²) in [6.07, 6.45) is 0.198. The van der Waals surface area contributed by atoms with E-state index in [1.165, 1.54) is 32.2 Å². The third-order valence-electron chi connectivity index (χ3n) is 4.49. The summed E-state index contributed by atoms with van der Waals surface area (Å²) in [6.45, 7) is 2.94. The van der Waals surface area contributed by atoms with Crippen molar-refractivity contribution in [2.75, 3.05) is 37.0 Å². The molecule has 0 spiro atoms. The Morgan fingerprint density at radius 3 is 2.56 bits per heavy atom. The van der Waals surface area contributed by atoms with E-state index >= 15 is 0 Å². The minimum Gasteiger partial charge on any atom is -0.495 e. The highest BCUT2D eigenvalue weighted by Gasteiger charge is 2.47. The molecule has 27 heavy (non-hydrogen) atoms. The molecule has 9 nitrogen and oxygen atoms in total. The molecule has 11 heteroatoms. The second-order valence-corrected chi connectivity index (χ2v) is 10.8. The van der Waals surface area contributed by atoms with Gasteiger partial charge in [-0.25, -0.2) is 16.8 Å². The number of anilines is 1. The average molecular weight is 420 g/mol. The van der Waals surface area contributed by atoms with Gasteiger partial charge in [-0.3, -0.25) is 4.79 Å². The van der Waals surface area contributed by atoms with Gasteiger partial charge in [0.1, 0.15) is 5.75 Å². The zero-order valence-electron chi connectivity index (χ0n) is 15.6. The van der Waals surface area contributed by atoms with Gasteiger partial charge in [-0.1, -0.05) is 0 Å². The van der Waals surface area contributed by atoms with E-state index < -0.39 is 25.4 Å². The molecule has 1 aromatic carbocycles. The molecule has 1 heterocycles. The van der Waals surface area contributed by atoms with Crippen LogP contribution in [0.2, 0.25) is 0 Å². The number of nitrogens with one attached hydrogen (secondary N) is 1. The molecule has 3 N–H and O–H groups in total. The summed E-state index contributed by atoms with van der Waals surface area (Å²) in [5.41, 5.74) is 4.74. The number of nitrogens with two attached hydrogens (primary N) is 1. The summed E-state index contributed by atoms with van der Waals surface area (Å²) in [4.78, 5) is 11.3. The van der Waals surface area contributed by atoms with Crippen molar-refractivity contribution >= 4 is 31.5 Å². The number of benzene rings is 1. The lowest BCUT2D eigenvalue weighted by Gasteiger charge is -2.36. The molecule has 0 saturated carbocycles. The zero-order chi connectivity index (χ0) is 20.5. The molecular weight excluding hydrogens is 394 g/mol. The molecule has 2 rings (SSSR count). The Balaban J connectivity index is 2.52. The minimum absolute atomic E-state index is 0.0180. The lowest BCUT2D eigenvalue weighted by Crippen LogP contribution is -2.52. The summed E-state index contributed by atoms with van der Waals surface area (Å²) >= 11 is 0. The second kappa shape index (κ2) is 7.74. The number of sulfone groups is 1. The zero-order valence-corrected chi connectivity index (χ0v) is 17.2. The standard InChI is InChI=1S/C16H25N3O6S2/c1-12(20)18-14-10-13(4-5-15(14)25-3)27(23,24)19(8-7-17)16(2)6-9-26(21,22)11-16/h4-5,10H,6-9,11,17H2,1-3H3,(H,18,20)/t16-/m0/s1. The first-order valence-corrected chi connectivity index (χ1v) is 11.6. The Kier molecular flexibility index (Phi) is 6.19. The summed E-state index contributed by atoms with van der Waals surface area (Å²) in [6, 6.07) is 4.09. The summed E-state index contributed by atoms with van der Waals surface area (Å²) in [5, 5.41) is 2.53. The second-order valence-electron chi connectivity index (χ2n) is 6.75. The maximum absolute atomic E-state index is 13.3. The monoisotopic (exact) mass is 419 g/mol. The van der Waals surface area contributed by atoms with Gasteiger partial charge in [-0.15, -0.1) is 0 Å². The van der Waals surface area contributed by atoms with E-state index in [2.05, 4.69) is 5.32 Å². The maximum atomic E-state index is 13.3. The molecular formula is C16H25N3O6S2. The molecule has 1 saturated heterocycles. The van der Waals surface area contributed by atoms with Gasteiger partial charge in [0.2, 0.25) is 15.9 Å². The molecule has 0 bridgehead atoms. The van der Waals surface area contributed by atoms with Crippen LogP contribution in [0.5, 0.6) is 5.75 Å². The number of carbonyl (C=O) groups excluding carboxylic acids is 1. The van der Waals surface area contributed by atoms with Gasteiger partial charge in [0, 0.05) is 25.6 Å². The Hall–Kier alpha value is -1.69. The minimum atomic E-state index is -4.06. The highest BCUT2D eigenvalue weighted by atomic mass is 32.2. The van der Waals surface area contributed by atoms with Gasteiger partial charge < -0.3 is 15.8 Å². The number of amides is 1. The molecule has 1 aromatic rings. The van der Waals surface area contributed by atoms with Crippen LogP contribution >= 0.6 is 0 Å². The van der Waals surface area contributed by atoms with Gasteiger partial charge >= 0.3 is 0 Å². The highest BCUT2D eigenvalue weighted by molar-refractivity contribution is 7.92. The van der Waals surface area contributed by atoms with E-state index in [9.17, 15) is 21.6 Å². The number of sulfonamides is 1. The van der Waals surface area contributed by atoms with Gasteiger partial charge in [0.05, 0.1) is 29.2 Å². The van der Waals surface area contributed by atoms with E-state index in [-0.39, 0.29) is 47.5 Å². The fourth-order valence-electron chi connectivity index (χ4n) is 3.25. The third kappa shape index (κ3) is 4.60. The van der Waals surface area contributed by atoms with Gasteiger partial charge in [-0.05, 0) is 31.5 Å². The molecule has 0 radical (unpaired) electrons. The van der Waals surface area contributed by atoms with Crippen molar-refractivity contribution in [2.24, 2.45) is 5.73 Å². The molecule has 152 valence electrons. The molecule has 0 aliphatic carbocycles. The predicted molar refractivity (Wildman–Crippen MR) is 102 cm³/mol. The SMILES string of the molecule is COc1ccc(S(=O)(=O)N(CCN)[C@@]2(C)CCS(=O)(=O)C2)cc1NC(C)=O. The first-order chi connectivity index (χ1) is 12.4. The van der Waals surface area contributed by atoms with E-state index in [0.717, 1.165) is 4.31 Å². The Labute approximate surface area is 159 Å². The number of hydrogen-bond acceptors (Lipinski definition) is 7. The molecule has 1 amide bonds. The first kappa shape index (κ1) is 21.6. The predicted octanol–water partition coefficient (Wildman–Crippen LogP) is 0.180. The lowest BCUT2D eigenvalue weighted by atomic mass is 10.0. The summed E-state index contributed by atoms with van der Waals surface area (Å²) in [5.74, 6) is -0.395. The van der Waals surface area contributed by atoms with Crippen LogP contribution < -0.4 is 15.8 Å². The Bertz CT molecular complexity index is 929. The van der Waals surface area contributed by atoms with Crippen LogP contribution in [0.3, 0.4) is 0 Å². The normalized spacial score (nSPS) is 22.0. The number of methoxy groups -OCH3 is 1. The largest absolute Gasteiger partial charge is 0.495 e. The van der Waals surface area contributed by atoms with Crippen molar-refractivity contribution in [1.29, 1.82) is 0 Å². The van der Waals surface area contributed by atoms with E-state index in [4.69, 9.17) is 10.5 Å². The van der Waals surface area contributed by atoms with Crippen molar-refractivity contribution in [3.8, 4) is 5.75 Å². The van der Waals surface area contributed by atoms with E-state index in [1.807, 2.05) is 0 Å². The van der Waals surface area contributed by atoms with Crippen molar-refractivity contribution in [3.63, 3.8) is 0 Å². The number of rotatable bonds is 7. The molecule has 1 aliphatic heterocycles. The number of ether oxygens (including phenoxy) is 1. The molecule has 1 atom stereocenters. The quantitative estimate of drug-likeness (QED) is 0.643. The van der Waals surface area contributed by atoms with Crippen molar-refractivity contribution in [3.05, 3.63) is 18.2 Å². The number of hydrogen-bond donors (Lipinski definition) is 2. The Morgan fingerprint density at radius 2 is 2.07 bits per heavy atom. The lowest BCUT2D eigenvalue weighted by molar-refractivity contribution is -0.114. The highest BCUT2D eigenvalue weighted by Crippen LogP contribution is 2.35. The van der Waals surface area contributed by atoms with Crippen LogP contribution in [0.15, 0.2) is 23.1 Å². The fraction of sp³-hybridized carbons (Fsp3) is 0.562. The van der Waals surface area contributed by atoms with E-state index in [0.29, 0.717) is 5.75 Å². The van der Waals surface area contributed by atoms with Crippen molar-refractivity contribution in [1.82, 2.24) is 4.31 Å². The van der Waals surface area contributed by atoms with Gasteiger partial charge in [0.15, 0.2) is 9.84 Å². The maximum Gasteiger partial charge on any atom is 0.243 e. The van der Waals surface area contributed by atoms with E-state index in [1.54, 1.807) is 6.92 Å². The van der Waals surface area contributed by atoms with Crippen LogP contribution in [-0.2, 0) is 24.7 Å². The van der Waals surface area contributed by atoms with Crippen LogP contribution in [-0.4, -0.2) is 64.3 Å². The van der Waals surface area contributed by atoms with Crippen LogP contribution in [0.25, 0.3) is 0 Å². The van der Waals surface area contributed by atoms with Crippen LogP contribution in [0.1, 0.15) is 20.3 Å². The first-order valence-electron chi connectivity index (χ1n) is 8.34. The van der Waals surface area contributed by atoms with Crippen LogP contribution in [0, 0.1) is 0 Å². The molecule has 0 unspecified atom stereocenters. The van der Waals surface area contributed by atoms with Gasteiger partial charge in [0.25, 0.3) is 0 Å². The van der Waals surface area contributed by atoms with Crippen molar-refractivity contribution < 1.29 is 26.4 Å². The summed E-state index contributed by atoms with van der Waals surface area (Å²) < 4.78 is 56.8. The molecule has 1 aliphatic rings. The van der Waals surface area contributed by atoms with Gasteiger partial charge in [-0.2, -0.15) is 4.31 Å². The topological polar surface area (TPSA) is 136 Å². The Morgan fingerprint density at radius 1 is 1.41 bits per heavy atom. The number of carbonyl (C=O) groups is 1. The molecule has 0 aromatic heterocycles. The smallest absolute Gasteiger partial charge is 0.243 e. The third-order valence-corrected chi connectivity index (χ3v) is 8.43. The van der Waals surface area contributed by atoms with Crippen molar-refractivity contribution in [2.45, 2.75) is 30.7 Å². The number of nitrogens with zero attached hydrogens (tertiary/aromatic N) is 1. The van der Waals surface area contributed by atoms with Crippen LogP contribution in [0.4, 0.5) is 5.69 Å².